The maximum absolute atomic E-state index is 3.76. The fraction of sp³-hybridized carbons (Fsp3) is 0.933. The predicted octanol–water partition coefficient (Wildman–Crippen LogP) is 16.1. The van der Waals surface area contributed by atoms with Crippen LogP contribution >= 0.6 is 0 Å². The Morgan fingerprint density at radius 2 is 0.681 bits per heavy atom. The molecule has 1 heterocycles. The van der Waals surface area contributed by atoms with Gasteiger partial charge in [0, 0.05) is 0 Å². The smallest absolute Gasteiger partial charge is 0.247 e. The molecule has 1 aromatic rings. The van der Waals surface area contributed by atoms with E-state index in [0.29, 0.717) is 12.0 Å². The van der Waals surface area contributed by atoms with E-state index in [4.69, 9.17) is 0 Å². The Balaban J connectivity index is 2.34. The summed E-state index contributed by atoms with van der Waals surface area (Å²) in [5.41, 5.74) is 0. The van der Waals surface area contributed by atoms with Crippen LogP contribution in [0.3, 0.4) is 0 Å². The summed E-state index contributed by atoms with van der Waals surface area (Å²) in [7, 11) is 0. The molecule has 2 heteroatoms. The zero-order valence-electron chi connectivity index (χ0n) is 33.2. The quantitative estimate of drug-likeness (QED) is 0.0539. The molecule has 0 aliphatic carbocycles. The molecule has 0 aliphatic heterocycles. The van der Waals surface area contributed by atoms with Crippen molar-refractivity contribution in [1.82, 2.24) is 4.98 Å². The van der Waals surface area contributed by atoms with E-state index in [-0.39, 0.29) is 0 Å². The van der Waals surface area contributed by atoms with Crippen molar-refractivity contribution in [3.8, 4) is 0 Å². The Morgan fingerprint density at radius 1 is 0.404 bits per heavy atom. The van der Waals surface area contributed by atoms with Gasteiger partial charge in [-0.05, 0) is 32.6 Å². The number of aromatic nitrogens is 2. The average Bonchev–Trinajstić information content (AvgIpc) is 3.57. The second-order valence-electron chi connectivity index (χ2n) is 15.8. The van der Waals surface area contributed by atoms with Gasteiger partial charge in [0.15, 0.2) is 0 Å². The first-order chi connectivity index (χ1) is 23.2. The number of hydrogen-bond acceptors (Lipinski definition) is 0. The number of unbranched alkanes of at least 4 members (excludes halogenated alkanes) is 30. The average molecular weight is 658 g/mol. The van der Waals surface area contributed by atoms with Crippen molar-refractivity contribution < 1.29 is 4.57 Å². The van der Waals surface area contributed by atoms with E-state index in [1.54, 1.807) is 0 Å². The van der Waals surface area contributed by atoms with Crippen LogP contribution in [0, 0.1) is 0 Å². The third-order valence-corrected chi connectivity index (χ3v) is 11.1. The van der Waals surface area contributed by atoms with Crippen LogP contribution in [0.15, 0.2) is 12.4 Å². The molecular weight excluding hydrogens is 569 g/mol. The highest BCUT2D eigenvalue weighted by Crippen LogP contribution is 2.27. The molecule has 2 unspecified atom stereocenters. The summed E-state index contributed by atoms with van der Waals surface area (Å²) in [5, 5.41) is 0. The second-order valence-corrected chi connectivity index (χ2v) is 15.8. The van der Waals surface area contributed by atoms with E-state index in [1.165, 1.54) is 237 Å². The van der Waals surface area contributed by atoms with Crippen LogP contribution in [0.25, 0.3) is 0 Å². The minimum Gasteiger partial charge on any atom is -0.247 e. The Hall–Kier alpha value is -0.790. The fourth-order valence-corrected chi connectivity index (χ4v) is 7.84. The Kier molecular flexibility index (Phi) is 33.0. The van der Waals surface area contributed by atoms with Gasteiger partial charge in [0.1, 0.15) is 12.4 Å². The molecule has 0 aromatic carbocycles. The Bertz CT molecular complexity index is 723. The lowest BCUT2D eigenvalue weighted by atomic mass is 9.92. The molecule has 1 rings (SSSR count). The molecule has 0 fully saturated rings. The van der Waals surface area contributed by atoms with Crippen LogP contribution < -0.4 is 4.57 Å². The van der Waals surface area contributed by atoms with Crippen molar-refractivity contribution in [3.63, 3.8) is 0 Å². The third-order valence-electron chi connectivity index (χ3n) is 11.1. The molecule has 0 spiro atoms. The molecule has 1 N–H and O–H groups in total. The summed E-state index contributed by atoms with van der Waals surface area (Å²) in [4.78, 5) is 3.76. The molecule has 47 heavy (non-hydrogen) atoms. The standard InChI is InChI=1S/C45H88N2/c1-5-8-11-14-17-19-21-23-25-27-30-32-35-38-43(4)47-42-41-46-45(47)44(39-36-33-29-16-13-10-7-3)40-37-34-31-28-26-24-22-20-18-15-12-9-6-2/h41-44H,5-40H2,1-4H3/p+1. The van der Waals surface area contributed by atoms with E-state index < -0.39 is 0 Å². The summed E-state index contributed by atoms with van der Waals surface area (Å²) in [6.07, 6.45) is 56.1. The van der Waals surface area contributed by atoms with Crippen molar-refractivity contribution in [2.24, 2.45) is 0 Å². The van der Waals surface area contributed by atoms with E-state index in [9.17, 15) is 0 Å². The first-order valence-electron chi connectivity index (χ1n) is 22.3. The van der Waals surface area contributed by atoms with Gasteiger partial charge < -0.3 is 0 Å². The van der Waals surface area contributed by atoms with Crippen LogP contribution in [0.1, 0.15) is 277 Å². The first kappa shape index (κ1) is 44.2. The van der Waals surface area contributed by atoms with Crippen LogP contribution in [0.5, 0.6) is 0 Å². The van der Waals surface area contributed by atoms with Gasteiger partial charge in [-0.1, -0.05) is 226 Å². The SMILES string of the molecule is CCCCCCCCCCCCCCCC(CCCCCCCCC)c1[nH]cc[n+]1C(C)CCCCCCCCCCCCCCC. The van der Waals surface area contributed by atoms with Gasteiger partial charge in [-0.15, -0.1) is 0 Å². The number of imidazole rings is 1. The number of aromatic amines is 1. The van der Waals surface area contributed by atoms with E-state index in [1.807, 2.05) is 0 Å². The molecule has 0 aliphatic rings. The highest BCUT2D eigenvalue weighted by Gasteiger charge is 2.25. The van der Waals surface area contributed by atoms with E-state index >= 15 is 0 Å². The molecular formula is C45H89N2+. The van der Waals surface area contributed by atoms with E-state index in [2.05, 4.69) is 49.6 Å². The molecule has 0 amide bonds. The van der Waals surface area contributed by atoms with Gasteiger partial charge in [0.05, 0.1) is 12.0 Å². The van der Waals surface area contributed by atoms with Crippen molar-refractivity contribution in [2.45, 2.75) is 271 Å². The van der Waals surface area contributed by atoms with Crippen molar-refractivity contribution in [1.29, 1.82) is 0 Å². The summed E-state index contributed by atoms with van der Waals surface area (Å²) in [5.74, 6) is 2.25. The number of nitrogens with one attached hydrogen (secondary N) is 1. The maximum Gasteiger partial charge on any atom is 0.257 e. The Labute approximate surface area is 297 Å². The molecule has 0 bridgehead atoms. The minimum absolute atomic E-state index is 0.618. The van der Waals surface area contributed by atoms with Crippen LogP contribution in [-0.4, -0.2) is 4.98 Å². The maximum atomic E-state index is 3.76. The van der Waals surface area contributed by atoms with Crippen molar-refractivity contribution in [2.75, 3.05) is 0 Å². The van der Waals surface area contributed by atoms with Crippen LogP contribution in [-0.2, 0) is 0 Å². The molecule has 0 radical (unpaired) electrons. The predicted molar refractivity (Wildman–Crippen MR) is 212 cm³/mol. The van der Waals surface area contributed by atoms with Crippen LogP contribution in [0.4, 0.5) is 0 Å². The largest absolute Gasteiger partial charge is 0.257 e. The molecule has 2 atom stereocenters. The summed E-state index contributed by atoms with van der Waals surface area (Å²) in [6.45, 7) is 9.43. The highest BCUT2D eigenvalue weighted by molar-refractivity contribution is 4.90. The van der Waals surface area contributed by atoms with Gasteiger partial charge in [0.25, 0.3) is 5.82 Å². The topological polar surface area (TPSA) is 19.7 Å². The molecule has 0 saturated heterocycles. The highest BCUT2D eigenvalue weighted by atomic mass is 15.1. The van der Waals surface area contributed by atoms with Gasteiger partial charge in [0.2, 0.25) is 0 Å². The first-order valence-corrected chi connectivity index (χ1v) is 22.3. The summed E-state index contributed by atoms with van der Waals surface area (Å²) >= 11 is 0. The fourth-order valence-electron chi connectivity index (χ4n) is 7.84. The number of hydrogen-bond donors (Lipinski definition) is 1. The third kappa shape index (κ3) is 26.7. The molecule has 1 aromatic heterocycles. The molecule has 278 valence electrons. The number of nitrogens with zero attached hydrogens (tertiary/aromatic N) is 1. The van der Waals surface area contributed by atoms with Crippen molar-refractivity contribution in [3.05, 3.63) is 18.2 Å². The van der Waals surface area contributed by atoms with Gasteiger partial charge in [-0.3, -0.25) is 0 Å². The van der Waals surface area contributed by atoms with Gasteiger partial charge >= 0.3 is 0 Å². The van der Waals surface area contributed by atoms with Gasteiger partial charge in [-0.2, -0.15) is 0 Å². The lowest BCUT2D eigenvalue weighted by Crippen LogP contribution is -2.41. The lowest BCUT2D eigenvalue weighted by molar-refractivity contribution is -0.727. The number of H-pyrrole nitrogens is 1. The van der Waals surface area contributed by atoms with Crippen LogP contribution in [0.2, 0.25) is 0 Å². The summed E-state index contributed by atoms with van der Waals surface area (Å²) < 4.78 is 2.65. The lowest BCUT2D eigenvalue weighted by Gasteiger charge is -2.17. The van der Waals surface area contributed by atoms with E-state index in [0.717, 1.165) is 0 Å². The minimum atomic E-state index is 0.618. The number of rotatable bonds is 38. The normalized spacial score (nSPS) is 13.0. The summed E-state index contributed by atoms with van der Waals surface area (Å²) in [6, 6.07) is 0.618. The zero-order valence-corrected chi connectivity index (χ0v) is 33.2. The van der Waals surface area contributed by atoms with Crippen molar-refractivity contribution >= 4 is 0 Å². The molecule has 2 nitrogen and oxygen atoms in total. The second kappa shape index (κ2) is 35.1. The Morgan fingerprint density at radius 3 is 1.00 bits per heavy atom. The molecule has 0 saturated carbocycles. The van der Waals surface area contributed by atoms with Gasteiger partial charge in [-0.25, -0.2) is 9.55 Å². The zero-order chi connectivity index (χ0) is 33.9. The monoisotopic (exact) mass is 658 g/mol.